The van der Waals surface area contributed by atoms with Crippen LogP contribution in [0.1, 0.15) is 53.9 Å². The molecule has 0 rings (SSSR count). The summed E-state index contributed by atoms with van der Waals surface area (Å²) < 4.78 is 0. The van der Waals surface area contributed by atoms with Crippen LogP contribution in [0.5, 0.6) is 0 Å². The van der Waals surface area contributed by atoms with E-state index >= 15 is 0 Å². The molecule has 3 N–H and O–H groups in total. The highest BCUT2D eigenvalue weighted by molar-refractivity contribution is 5.78. The number of hydrogen-bond donors (Lipinski definition) is 2. The van der Waals surface area contributed by atoms with E-state index in [1.165, 1.54) is 0 Å². The van der Waals surface area contributed by atoms with Crippen LogP contribution in [-0.2, 0) is 4.79 Å². The summed E-state index contributed by atoms with van der Waals surface area (Å²) in [7, 11) is 0. The molecule has 0 saturated heterocycles. The van der Waals surface area contributed by atoms with Gasteiger partial charge in [-0.2, -0.15) is 0 Å². The quantitative estimate of drug-likeness (QED) is 0.661. The lowest BCUT2D eigenvalue weighted by molar-refractivity contribution is -0.124. The molecule has 0 aromatic rings. The number of rotatable bonds is 9. The minimum absolute atomic E-state index is 0.110. The van der Waals surface area contributed by atoms with E-state index in [1.54, 1.807) is 0 Å². The van der Waals surface area contributed by atoms with Gasteiger partial charge in [-0.1, -0.05) is 20.8 Å². The maximum atomic E-state index is 12.0. The molecule has 108 valence electrons. The molecule has 0 aliphatic rings. The lowest BCUT2D eigenvalue weighted by atomic mass is 10.0. The van der Waals surface area contributed by atoms with Crippen molar-refractivity contribution in [1.29, 1.82) is 0 Å². The van der Waals surface area contributed by atoms with Gasteiger partial charge in [-0.3, -0.25) is 9.69 Å². The fraction of sp³-hybridized carbons (Fsp3) is 0.929. The molecule has 0 aromatic carbocycles. The number of carbonyl (C=O) groups excluding carboxylic acids is 1. The van der Waals surface area contributed by atoms with Gasteiger partial charge in [0.25, 0.3) is 0 Å². The first-order valence-corrected chi connectivity index (χ1v) is 7.15. The minimum atomic E-state index is -0.124. The molecular formula is C14H31N3O. The number of amides is 1. The molecule has 0 heterocycles. The molecule has 0 aliphatic carbocycles. The van der Waals surface area contributed by atoms with E-state index in [-0.39, 0.29) is 11.4 Å². The van der Waals surface area contributed by atoms with Gasteiger partial charge in [-0.05, 0) is 39.7 Å². The van der Waals surface area contributed by atoms with Gasteiger partial charge in [0.1, 0.15) is 0 Å². The van der Waals surface area contributed by atoms with Crippen LogP contribution in [-0.4, -0.2) is 42.0 Å². The summed E-state index contributed by atoms with van der Waals surface area (Å²) in [5.41, 5.74) is 5.67. The maximum Gasteiger partial charge on any atom is 0.234 e. The highest BCUT2D eigenvalue weighted by Crippen LogP contribution is 2.12. The van der Waals surface area contributed by atoms with E-state index in [0.717, 1.165) is 25.8 Å². The van der Waals surface area contributed by atoms with Crippen molar-refractivity contribution in [2.24, 2.45) is 5.73 Å². The molecule has 4 nitrogen and oxygen atoms in total. The van der Waals surface area contributed by atoms with Gasteiger partial charge in [-0.25, -0.2) is 0 Å². The molecule has 0 aromatic heterocycles. The topological polar surface area (TPSA) is 58.4 Å². The lowest BCUT2D eigenvalue weighted by Gasteiger charge is -2.37. The second-order valence-electron chi connectivity index (χ2n) is 5.52. The van der Waals surface area contributed by atoms with Crippen molar-refractivity contribution in [1.82, 2.24) is 10.2 Å². The van der Waals surface area contributed by atoms with E-state index in [9.17, 15) is 4.79 Å². The SMILES string of the molecule is CCCN(CC(=O)NC(CC)CC)C(C)(C)CN. The summed E-state index contributed by atoms with van der Waals surface area (Å²) in [5.74, 6) is 0.110. The van der Waals surface area contributed by atoms with Gasteiger partial charge in [0.05, 0.1) is 6.54 Å². The van der Waals surface area contributed by atoms with Gasteiger partial charge >= 0.3 is 0 Å². The summed E-state index contributed by atoms with van der Waals surface area (Å²) >= 11 is 0. The third-order valence-corrected chi connectivity index (χ3v) is 3.53. The van der Waals surface area contributed by atoms with Gasteiger partial charge in [-0.15, -0.1) is 0 Å². The van der Waals surface area contributed by atoms with E-state index in [0.29, 0.717) is 19.1 Å². The van der Waals surface area contributed by atoms with Gasteiger partial charge in [0, 0.05) is 18.1 Å². The fourth-order valence-electron chi connectivity index (χ4n) is 1.93. The van der Waals surface area contributed by atoms with Crippen LogP contribution in [0.3, 0.4) is 0 Å². The summed E-state index contributed by atoms with van der Waals surface area (Å²) in [6.45, 7) is 12.4. The molecule has 0 saturated carbocycles. The molecule has 0 aliphatic heterocycles. The molecule has 0 spiro atoms. The van der Waals surface area contributed by atoms with E-state index in [2.05, 4.69) is 44.8 Å². The Morgan fingerprint density at radius 3 is 2.22 bits per heavy atom. The Bertz CT molecular complexity index is 237. The summed E-state index contributed by atoms with van der Waals surface area (Å²) in [6, 6.07) is 0.293. The molecule has 1 amide bonds. The van der Waals surface area contributed by atoms with Crippen molar-refractivity contribution >= 4 is 5.91 Å². The van der Waals surface area contributed by atoms with Crippen molar-refractivity contribution in [3.8, 4) is 0 Å². The van der Waals surface area contributed by atoms with Gasteiger partial charge in [0.2, 0.25) is 5.91 Å². The zero-order valence-corrected chi connectivity index (χ0v) is 12.8. The summed E-state index contributed by atoms with van der Waals surface area (Å²) in [4.78, 5) is 14.2. The Balaban J connectivity index is 4.45. The van der Waals surface area contributed by atoms with Crippen molar-refractivity contribution in [2.45, 2.75) is 65.5 Å². The van der Waals surface area contributed by atoms with E-state index < -0.39 is 0 Å². The molecule has 0 bridgehead atoms. The standard InChI is InChI=1S/C14H31N3O/c1-6-9-17(14(4,5)11-15)10-13(18)16-12(7-2)8-3/h12H,6-11,15H2,1-5H3,(H,16,18). The Morgan fingerprint density at radius 1 is 1.28 bits per heavy atom. The Hall–Kier alpha value is -0.610. The second-order valence-corrected chi connectivity index (χ2v) is 5.52. The number of carbonyl (C=O) groups is 1. The largest absolute Gasteiger partial charge is 0.352 e. The predicted molar refractivity (Wildman–Crippen MR) is 77.5 cm³/mol. The average molecular weight is 257 g/mol. The molecule has 0 atom stereocenters. The Morgan fingerprint density at radius 2 is 1.83 bits per heavy atom. The number of hydrogen-bond acceptors (Lipinski definition) is 3. The van der Waals surface area contributed by atoms with Crippen LogP contribution < -0.4 is 11.1 Å². The lowest BCUT2D eigenvalue weighted by Crippen LogP contribution is -2.53. The molecule has 18 heavy (non-hydrogen) atoms. The summed E-state index contributed by atoms with van der Waals surface area (Å²) in [5, 5.41) is 3.08. The highest BCUT2D eigenvalue weighted by atomic mass is 16.2. The molecule has 0 fully saturated rings. The number of nitrogens with zero attached hydrogens (tertiary/aromatic N) is 1. The van der Waals surface area contributed by atoms with Gasteiger partial charge < -0.3 is 11.1 Å². The van der Waals surface area contributed by atoms with Crippen molar-refractivity contribution in [3.05, 3.63) is 0 Å². The van der Waals surface area contributed by atoms with Crippen LogP contribution in [0.25, 0.3) is 0 Å². The van der Waals surface area contributed by atoms with Crippen LogP contribution >= 0.6 is 0 Å². The smallest absolute Gasteiger partial charge is 0.234 e. The van der Waals surface area contributed by atoms with E-state index in [4.69, 9.17) is 5.73 Å². The molecule has 0 unspecified atom stereocenters. The minimum Gasteiger partial charge on any atom is -0.352 e. The highest BCUT2D eigenvalue weighted by Gasteiger charge is 2.26. The monoisotopic (exact) mass is 257 g/mol. The summed E-state index contributed by atoms with van der Waals surface area (Å²) in [6.07, 6.45) is 2.99. The maximum absolute atomic E-state index is 12.0. The molecule has 4 heteroatoms. The second kappa shape index (κ2) is 8.48. The van der Waals surface area contributed by atoms with E-state index in [1.807, 2.05) is 0 Å². The Kier molecular flexibility index (Phi) is 8.20. The zero-order valence-electron chi connectivity index (χ0n) is 12.8. The third-order valence-electron chi connectivity index (χ3n) is 3.53. The first-order valence-electron chi connectivity index (χ1n) is 7.15. The zero-order chi connectivity index (χ0) is 14.2. The number of nitrogens with one attached hydrogen (secondary N) is 1. The predicted octanol–water partition coefficient (Wildman–Crippen LogP) is 1.74. The van der Waals surface area contributed by atoms with Gasteiger partial charge in [0.15, 0.2) is 0 Å². The van der Waals surface area contributed by atoms with Crippen molar-refractivity contribution in [2.75, 3.05) is 19.6 Å². The molecule has 0 radical (unpaired) electrons. The average Bonchev–Trinajstić information content (AvgIpc) is 2.35. The number of nitrogens with two attached hydrogens (primary N) is 1. The van der Waals surface area contributed by atoms with Crippen LogP contribution in [0.15, 0.2) is 0 Å². The first kappa shape index (κ1) is 17.4. The van der Waals surface area contributed by atoms with Crippen molar-refractivity contribution < 1.29 is 4.79 Å². The normalized spacial score (nSPS) is 12.2. The third kappa shape index (κ3) is 5.83. The molecular weight excluding hydrogens is 226 g/mol. The van der Waals surface area contributed by atoms with Crippen LogP contribution in [0.2, 0.25) is 0 Å². The fourth-order valence-corrected chi connectivity index (χ4v) is 1.93. The first-order chi connectivity index (χ1) is 8.41. The van der Waals surface area contributed by atoms with Crippen LogP contribution in [0.4, 0.5) is 0 Å². The Labute approximate surface area is 112 Å². The van der Waals surface area contributed by atoms with Crippen molar-refractivity contribution in [3.63, 3.8) is 0 Å². The van der Waals surface area contributed by atoms with Crippen LogP contribution in [0, 0.1) is 0 Å².